The highest BCUT2D eigenvalue weighted by Gasteiger charge is 2.20. The lowest BCUT2D eigenvalue weighted by molar-refractivity contribution is -0.111. The minimum atomic E-state index is -0.193. The molecule has 0 unspecified atom stereocenters. The van der Waals surface area contributed by atoms with Crippen LogP contribution in [0, 0.1) is 19.8 Å². The number of nitrogens with one attached hydrogen (secondary N) is 1. The molecular weight excluding hydrogens is 382 g/mol. The second-order valence-electron chi connectivity index (χ2n) is 8.27. The minimum absolute atomic E-state index is 0.193. The predicted octanol–water partition coefficient (Wildman–Crippen LogP) is 5.67. The first-order valence-corrected chi connectivity index (χ1v) is 10.7. The van der Waals surface area contributed by atoms with E-state index in [2.05, 4.69) is 50.4 Å². The summed E-state index contributed by atoms with van der Waals surface area (Å²) in [7, 11) is 0. The maximum Gasteiger partial charge on any atom is 0.248 e. The van der Waals surface area contributed by atoms with Gasteiger partial charge in [0, 0.05) is 23.9 Å². The zero-order valence-electron chi connectivity index (χ0n) is 18.8. The van der Waals surface area contributed by atoms with Gasteiger partial charge in [-0.3, -0.25) is 9.78 Å². The Kier molecular flexibility index (Phi) is 7.37. The lowest BCUT2D eigenvalue weighted by Gasteiger charge is -2.21. The molecule has 3 aromatic rings. The van der Waals surface area contributed by atoms with Gasteiger partial charge in [0.2, 0.25) is 5.91 Å². The number of carbonyl (C=O) groups excluding carboxylic acids is 1. The summed E-state index contributed by atoms with van der Waals surface area (Å²) in [5.74, 6) is 0.263. The molecule has 0 atom stereocenters. The molecule has 1 heterocycles. The van der Waals surface area contributed by atoms with Gasteiger partial charge in [-0.15, -0.1) is 0 Å². The van der Waals surface area contributed by atoms with Crippen molar-refractivity contribution in [3.63, 3.8) is 0 Å². The van der Waals surface area contributed by atoms with Crippen molar-refractivity contribution in [1.82, 2.24) is 4.98 Å². The van der Waals surface area contributed by atoms with E-state index in [0.29, 0.717) is 12.5 Å². The highest BCUT2D eigenvalue weighted by atomic mass is 16.1. The molecule has 31 heavy (non-hydrogen) atoms. The Balaban J connectivity index is 2.06. The van der Waals surface area contributed by atoms with E-state index in [-0.39, 0.29) is 5.91 Å². The molecule has 0 fully saturated rings. The van der Waals surface area contributed by atoms with E-state index >= 15 is 0 Å². The van der Waals surface area contributed by atoms with Crippen LogP contribution < -0.4 is 11.1 Å². The van der Waals surface area contributed by atoms with Gasteiger partial charge in [-0.05, 0) is 49.0 Å². The van der Waals surface area contributed by atoms with E-state index in [4.69, 9.17) is 10.7 Å². The fourth-order valence-electron chi connectivity index (χ4n) is 3.67. The van der Waals surface area contributed by atoms with E-state index in [1.54, 1.807) is 12.2 Å². The van der Waals surface area contributed by atoms with E-state index in [1.807, 2.05) is 37.3 Å². The molecule has 4 nitrogen and oxygen atoms in total. The largest absolute Gasteiger partial charge is 0.326 e. The fraction of sp³-hybridized carbons (Fsp3) is 0.259. The highest BCUT2D eigenvalue weighted by molar-refractivity contribution is 6.05. The standard InChI is InChI=1S/C27H31N3O/c1-18(2)16-24-23(17-28)26(22-13-10-19(3)11-14-22)27(20(4)29-24)30-25(31)15-12-21-8-6-5-7-9-21/h5-15,18H,16-17,28H2,1-4H3,(H,30,31). The van der Waals surface area contributed by atoms with E-state index in [1.165, 1.54) is 5.56 Å². The minimum Gasteiger partial charge on any atom is -0.326 e. The number of anilines is 1. The number of amides is 1. The topological polar surface area (TPSA) is 68.0 Å². The Bertz CT molecular complexity index is 1070. The molecule has 3 rings (SSSR count). The summed E-state index contributed by atoms with van der Waals surface area (Å²) in [5.41, 5.74) is 13.9. The van der Waals surface area contributed by atoms with Gasteiger partial charge in [0.1, 0.15) is 0 Å². The average Bonchev–Trinajstić information content (AvgIpc) is 2.75. The SMILES string of the molecule is Cc1ccc(-c2c(CN)c(CC(C)C)nc(C)c2NC(=O)C=Cc2ccccc2)cc1. The van der Waals surface area contributed by atoms with Crippen molar-refractivity contribution < 1.29 is 4.79 Å². The Hall–Kier alpha value is -3.24. The number of hydrogen-bond donors (Lipinski definition) is 2. The van der Waals surface area contributed by atoms with Gasteiger partial charge in [-0.1, -0.05) is 74.0 Å². The van der Waals surface area contributed by atoms with Crippen LogP contribution in [-0.4, -0.2) is 10.9 Å². The first kappa shape index (κ1) is 22.4. The van der Waals surface area contributed by atoms with E-state index < -0.39 is 0 Å². The normalized spacial score (nSPS) is 11.3. The molecule has 0 saturated heterocycles. The van der Waals surface area contributed by atoms with Gasteiger partial charge in [-0.25, -0.2) is 0 Å². The third-order valence-electron chi connectivity index (χ3n) is 5.19. The molecule has 0 aliphatic heterocycles. The zero-order chi connectivity index (χ0) is 22.4. The first-order chi connectivity index (χ1) is 14.9. The highest BCUT2D eigenvalue weighted by Crippen LogP contribution is 2.36. The lowest BCUT2D eigenvalue weighted by Crippen LogP contribution is -2.16. The molecule has 2 aromatic carbocycles. The lowest BCUT2D eigenvalue weighted by atomic mass is 9.92. The van der Waals surface area contributed by atoms with Gasteiger partial charge < -0.3 is 11.1 Å². The zero-order valence-corrected chi connectivity index (χ0v) is 18.8. The molecule has 0 spiro atoms. The second kappa shape index (κ2) is 10.2. The van der Waals surface area contributed by atoms with Crippen LogP contribution in [0.1, 0.15) is 41.9 Å². The summed E-state index contributed by atoms with van der Waals surface area (Å²) >= 11 is 0. The van der Waals surface area contributed by atoms with Crippen LogP contribution in [-0.2, 0) is 17.8 Å². The van der Waals surface area contributed by atoms with Gasteiger partial charge in [0.05, 0.1) is 11.4 Å². The van der Waals surface area contributed by atoms with Crippen molar-refractivity contribution in [2.75, 3.05) is 5.32 Å². The third-order valence-corrected chi connectivity index (χ3v) is 5.19. The maximum absolute atomic E-state index is 12.8. The third kappa shape index (κ3) is 5.68. The molecule has 0 saturated carbocycles. The van der Waals surface area contributed by atoms with Crippen LogP contribution in [0.3, 0.4) is 0 Å². The van der Waals surface area contributed by atoms with Crippen LogP contribution in [0.4, 0.5) is 5.69 Å². The molecule has 160 valence electrons. The van der Waals surface area contributed by atoms with Crippen molar-refractivity contribution in [2.24, 2.45) is 11.7 Å². The summed E-state index contributed by atoms with van der Waals surface area (Å²) < 4.78 is 0. The molecule has 0 aliphatic carbocycles. The van der Waals surface area contributed by atoms with Crippen molar-refractivity contribution in [1.29, 1.82) is 0 Å². The molecular formula is C27H31N3O. The Morgan fingerprint density at radius 3 is 2.35 bits per heavy atom. The van der Waals surface area contributed by atoms with Crippen LogP contribution in [0.2, 0.25) is 0 Å². The van der Waals surface area contributed by atoms with Crippen molar-refractivity contribution in [3.8, 4) is 11.1 Å². The quantitative estimate of drug-likeness (QED) is 0.490. The number of nitrogens with zero attached hydrogens (tertiary/aromatic N) is 1. The van der Waals surface area contributed by atoms with Gasteiger partial charge >= 0.3 is 0 Å². The molecule has 4 heteroatoms. The summed E-state index contributed by atoms with van der Waals surface area (Å²) in [4.78, 5) is 17.6. The monoisotopic (exact) mass is 413 g/mol. The molecule has 0 radical (unpaired) electrons. The Morgan fingerprint density at radius 1 is 1.06 bits per heavy atom. The average molecular weight is 414 g/mol. The Labute approximate surface area is 185 Å². The number of rotatable bonds is 7. The van der Waals surface area contributed by atoms with Gasteiger partial charge in [0.15, 0.2) is 0 Å². The molecule has 3 N–H and O–H groups in total. The van der Waals surface area contributed by atoms with E-state index in [9.17, 15) is 4.79 Å². The van der Waals surface area contributed by atoms with Crippen molar-refractivity contribution >= 4 is 17.7 Å². The fourth-order valence-corrected chi connectivity index (χ4v) is 3.67. The van der Waals surface area contributed by atoms with Crippen LogP contribution >= 0.6 is 0 Å². The number of aromatic nitrogens is 1. The molecule has 0 bridgehead atoms. The van der Waals surface area contributed by atoms with Crippen molar-refractivity contribution in [3.05, 3.63) is 88.8 Å². The number of carbonyl (C=O) groups is 1. The van der Waals surface area contributed by atoms with Crippen LogP contribution in [0.25, 0.3) is 17.2 Å². The first-order valence-electron chi connectivity index (χ1n) is 10.7. The number of aryl methyl sites for hydroxylation is 2. The van der Waals surface area contributed by atoms with Gasteiger partial charge in [-0.2, -0.15) is 0 Å². The predicted molar refractivity (Wildman–Crippen MR) is 130 cm³/mol. The Morgan fingerprint density at radius 2 is 1.74 bits per heavy atom. The molecule has 1 amide bonds. The van der Waals surface area contributed by atoms with Crippen LogP contribution in [0.15, 0.2) is 60.7 Å². The molecule has 1 aromatic heterocycles. The van der Waals surface area contributed by atoms with Crippen molar-refractivity contribution in [2.45, 2.75) is 40.7 Å². The maximum atomic E-state index is 12.8. The number of benzene rings is 2. The summed E-state index contributed by atoms with van der Waals surface area (Å²) in [6.07, 6.45) is 4.20. The van der Waals surface area contributed by atoms with Crippen LogP contribution in [0.5, 0.6) is 0 Å². The summed E-state index contributed by atoms with van der Waals surface area (Å²) in [5, 5.41) is 3.07. The number of pyridine rings is 1. The number of nitrogens with two attached hydrogens (primary N) is 1. The van der Waals surface area contributed by atoms with E-state index in [0.717, 1.165) is 45.7 Å². The molecule has 0 aliphatic rings. The summed E-state index contributed by atoms with van der Waals surface area (Å²) in [6.45, 7) is 8.71. The van der Waals surface area contributed by atoms with Gasteiger partial charge in [0.25, 0.3) is 0 Å². The number of hydrogen-bond acceptors (Lipinski definition) is 3. The summed E-state index contributed by atoms with van der Waals surface area (Å²) in [6, 6.07) is 18.1. The second-order valence-corrected chi connectivity index (χ2v) is 8.27. The smallest absolute Gasteiger partial charge is 0.248 e.